The van der Waals surface area contributed by atoms with Gasteiger partial charge in [0.2, 0.25) is 14.3 Å². The van der Waals surface area contributed by atoms with E-state index >= 15 is 4.11 Å². The number of carbonyl (C=O) groups excluding carboxylic acids is 3. The molecule has 2 N–H and O–H groups in total. The van der Waals surface area contributed by atoms with Crippen molar-refractivity contribution in [2.75, 3.05) is 36.5 Å². The van der Waals surface area contributed by atoms with Gasteiger partial charge < -0.3 is 28.9 Å². The summed E-state index contributed by atoms with van der Waals surface area (Å²) in [5.74, 6) is -1.10. The predicted molar refractivity (Wildman–Crippen MR) is 128 cm³/mol. The number of ether oxygens (including phenoxy) is 2. The first-order valence-electron chi connectivity index (χ1n) is 12.2. The number of anilines is 2. The van der Waals surface area contributed by atoms with E-state index in [0.717, 1.165) is 12.8 Å². The molecule has 1 aromatic rings. The lowest BCUT2D eigenvalue weighted by atomic mass is 9.82. The van der Waals surface area contributed by atoms with Crippen molar-refractivity contribution in [3.8, 4) is 0 Å². The average molecular weight is 506 g/mol. The molecule has 4 aliphatic rings. The van der Waals surface area contributed by atoms with Crippen LogP contribution in [0.25, 0.3) is 0 Å². The van der Waals surface area contributed by atoms with Gasteiger partial charge in [-0.3, -0.25) is 14.5 Å². The molecule has 0 bridgehead atoms. The Hall–Kier alpha value is -2.50. The van der Waals surface area contributed by atoms with Gasteiger partial charge in [0.15, 0.2) is 5.60 Å². The summed E-state index contributed by atoms with van der Waals surface area (Å²) in [6.07, 6.45) is 0.264. The fraction of sp³-hybridized carbons (Fsp3) is 0.625. The number of amides is 3. The van der Waals surface area contributed by atoms with Gasteiger partial charge in [0.1, 0.15) is 6.61 Å². The zero-order chi connectivity index (χ0) is 25.1. The van der Waals surface area contributed by atoms with Crippen molar-refractivity contribution in [3.63, 3.8) is 0 Å². The number of hydrogen-bond donors (Lipinski definition) is 2. The molecule has 0 aliphatic carbocycles. The number of fused-ring (bicyclic) bond motifs is 2. The van der Waals surface area contributed by atoms with Crippen LogP contribution in [0.15, 0.2) is 18.2 Å². The molecule has 3 saturated heterocycles. The molecule has 3 amide bonds. The molecule has 35 heavy (non-hydrogen) atoms. The average Bonchev–Trinajstić information content (AvgIpc) is 3.55. The van der Waals surface area contributed by atoms with Gasteiger partial charge in [-0.05, 0) is 44.1 Å². The number of nitrogens with one attached hydrogen (secondary N) is 1. The van der Waals surface area contributed by atoms with Crippen LogP contribution in [0.1, 0.15) is 31.7 Å². The number of aliphatic hydroxyl groups excluding tert-OH is 1. The molecular formula is C24H32FN3O6Si. The summed E-state index contributed by atoms with van der Waals surface area (Å²) in [5, 5.41) is 12.5. The number of cyclic esters (lactones) is 1. The smallest absolute Gasteiger partial charge is 0.414 e. The number of nitrogens with zero attached hydrogens (tertiary/aromatic N) is 2. The van der Waals surface area contributed by atoms with Crippen LogP contribution >= 0.6 is 0 Å². The number of aliphatic hydroxyl groups is 1. The normalized spacial score (nSPS) is 32.4. The molecule has 1 aromatic carbocycles. The molecule has 5 atom stereocenters. The van der Waals surface area contributed by atoms with E-state index in [2.05, 4.69) is 5.32 Å². The second-order valence-electron chi connectivity index (χ2n) is 10.5. The maximum absolute atomic E-state index is 15.8. The molecule has 0 saturated carbocycles. The second kappa shape index (κ2) is 8.56. The molecule has 1 spiro atoms. The lowest BCUT2D eigenvalue weighted by Crippen LogP contribution is -2.42. The highest BCUT2D eigenvalue weighted by Gasteiger charge is 2.65. The number of rotatable bonds is 5. The van der Waals surface area contributed by atoms with Gasteiger partial charge >= 0.3 is 6.09 Å². The van der Waals surface area contributed by atoms with E-state index in [4.69, 9.17) is 9.47 Å². The summed E-state index contributed by atoms with van der Waals surface area (Å²) >= 11 is 0. The molecule has 4 heterocycles. The topological polar surface area (TPSA) is 108 Å². The zero-order valence-electron chi connectivity index (χ0n) is 20.3. The third-order valence-corrected chi connectivity index (χ3v) is 10.5. The van der Waals surface area contributed by atoms with Gasteiger partial charge in [0, 0.05) is 34.9 Å². The summed E-state index contributed by atoms with van der Waals surface area (Å²) in [6, 6.07) is 4.97. The van der Waals surface area contributed by atoms with Crippen molar-refractivity contribution in [3.05, 3.63) is 23.8 Å². The van der Waals surface area contributed by atoms with Gasteiger partial charge in [-0.25, -0.2) is 4.79 Å². The van der Waals surface area contributed by atoms with Crippen molar-refractivity contribution in [2.45, 2.75) is 62.6 Å². The minimum Gasteiger partial charge on any atom is -0.447 e. The predicted octanol–water partition coefficient (Wildman–Crippen LogP) is 2.74. The maximum Gasteiger partial charge on any atom is 0.414 e. The van der Waals surface area contributed by atoms with E-state index in [1.54, 1.807) is 36.2 Å². The Kier molecular flexibility index (Phi) is 5.92. The molecule has 9 nitrogen and oxygen atoms in total. The first kappa shape index (κ1) is 24.2. The summed E-state index contributed by atoms with van der Waals surface area (Å²) in [6.45, 7) is 6.12. The van der Waals surface area contributed by atoms with Crippen LogP contribution < -0.4 is 10.2 Å². The highest BCUT2D eigenvalue weighted by Crippen LogP contribution is 2.59. The molecule has 4 aliphatic heterocycles. The van der Waals surface area contributed by atoms with Crippen molar-refractivity contribution in [1.29, 1.82) is 0 Å². The van der Waals surface area contributed by atoms with Crippen LogP contribution in [0.3, 0.4) is 0 Å². The van der Waals surface area contributed by atoms with E-state index in [1.807, 2.05) is 6.92 Å². The minimum atomic E-state index is -3.39. The number of likely N-dealkylation sites (tertiary alicyclic amines) is 1. The van der Waals surface area contributed by atoms with E-state index < -0.39 is 37.7 Å². The molecule has 3 fully saturated rings. The third-order valence-electron chi connectivity index (χ3n) is 8.06. The van der Waals surface area contributed by atoms with Crippen LogP contribution in [-0.2, 0) is 24.7 Å². The number of hydrogen-bond acceptors (Lipinski definition) is 6. The first-order valence-corrected chi connectivity index (χ1v) is 15.2. The van der Waals surface area contributed by atoms with E-state index in [-0.39, 0.29) is 37.5 Å². The van der Waals surface area contributed by atoms with Gasteiger partial charge in [0.05, 0.1) is 31.7 Å². The lowest BCUT2D eigenvalue weighted by Gasteiger charge is -2.31. The molecule has 11 heteroatoms. The van der Waals surface area contributed by atoms with Gasteiger partial charge in [-0.2, -0.15) is 0 Å². The van der Waals surface area contributed by atoms with Gasteiger partial charge in [-0.1, -0.05) is 6.92 Å². The van der Waals surface area contributed by atoms with E-state index in [0.29, 0.717) is 30.0 Å². The van der Waals surface area contributed by atoms with Crippen LogP contribution in [0.2, 0.25) is 18.6 Å². The molecular weight excluding hydrogens is 473 g/mol. The highest BCUT2D eigenvalue weighted by molar-refractivity contribution is 6.72. The number of carbonyl (C=O) groups is 3. The number of benzene rings is 1. The zero-order valence-corrected chi connectivity index (χ0v) is 21.3. The lowest BCUT2D eigenvalue weighted by molar-refractivity contribution is -0.148. The molecule has 0 aromatic heterocycles. The van der Waals surface area contributed by atoms with Crippen molar-refractivity contribution < 1.29 is 33.1 Å². The van der Waals surface area contributed by atoms with Crippen LogP contribution in [0.5, 0.6) is 0 Å². The minimum absolute atomic E-state index is 0.0473. The van der Waals surface area contributed by atoms with Crippen molar-refractivity contribution in [1.82, 2.24) is 4.90 Å². The summed E-state index contributed by atoms with van der Waals surface area (Å²) in [7, 11) is -3.39. The summed E-state index contributed by atoms with van der Waals surface area (Å²) in [5.41, 5.74) is -0.364. The molecule has 0 unspecified atom stereocenters. The Bertz CT molecular complexity index is 1060. The summed E-state index contributed by atoms with van der Waals surface area (Å²) in [4.78, 5) is 41.9. The van der Waals surface area contributed by atoms with E-state index in [9.17, 15) is 19.5 Å². The van der Waals surface area contributed by atoms with E-state index in [1.165, 1.54) is 4.90 Å². The fourth-order valence-corrected chi connectivity index (χ4v) is 8.99. The fourth-order valence-electron chi connectivity index (χ4n) is 6.49. The Labute approximate surface area is 204 Å². The second-order valence-corrected chi connectivity index (χ2v) is 14.3. The molecule has 190 valence electrons. The molecule has 5 rings (SSSR count). The van der Waals surface area contributed by atoms with Crippen LogP contribution in [-0.4, -0.2) is 74.8 Å². The maximum atomic E-state index is 15.8. The Morgan fingerprint density at radius 1 is 1.31 bits per heavy atom. The van der Waals surface area contributed by atoms with Gasteiger partial charge in [0.25, 0.3) is 5.91 Å². The first-order chi connectivity index (χ1) is 16.6. The van der Waals surface area contributed by atoms with Crippen LogP contribution in [0, 0.1) is 5.92 Å². The van der Waals surface area contributed by atoms with Gasteiger partial charge in [-0.15, -0.1) is 0 Å². The third kappa shape index (κ3) is 3.75. The Morgan fingerprint density at radius 3 is 2.74 bits per heavy atom. The molecule has 0 radical (unpaired) electrons. The Morgan fingerprint density at radius 2 is 2.09 bits per heavy atom. The monoisotopic (exact) mass is 505 g/mol. The van der Waals surface area contributed by atoms with Crippen LogP contribution in [0.4, 0.5) is 20.3 Å². The van der Waals surface area contributed by atoms with Crippen molar-refractivity contribution in [2.24, 2.45) is 5.92 Å². The highest BCUT2D eigenvalue weighted by atomic mass is 28.4. The summed E-state index contributed by atoms with van der Waals surface area (Å²) < 4.78 is 27.3. The Balaban J connectivity index is 1.51. The SMILES string of the molecule is C[C@@H]1[C@@H]([Si](C)(C)F)[C@H](CC(=O)N2CCC[C@H]2CO)O[C@@]12C(=O)Nc1ccc(N3CCOC3=O)cc12. The van der Waals surface area contributed by atoms with Crippen molar-refractivity contribution >= 4 is 37.7 Å². The quantitative estimate of drug-likeness (QED) is 0.471. The largest absolute Gasteiger partial charge is 0.447 e. The number of halogens is 1. The standard InChI is InChI=1S/C24H32FN3O6Si/c1-14-21(35(2,3)25)19(12-20(30)27-8-4-5-16(27)13-29)34-24(14)17-11-15(28-9-10-33-23(28)32)6-7-18(17)26-22(24)31/h6-7,11,14,16,19,21,29H,4-5,8-10,12-13H2,1-3H3,(H,26,31)/t14-,16+,19+,21-,24+/m1/s1.